The van der Waals surface area contributed by atoms with E-state index in [2.05, 4.69) is 31.9 Å². The average Bonchev–Trinajstić information content (AvgIpc) is 3.08. The molecule has 0 saturated heterocycles. The molecule has 1 fully saturated rings. The molecule has 2 aliphatic carbocycles. The van der Waals surface area contributed by atoms with Crippen molar-refractivity contribution in [3.8, 4) is 51.9 Å². The van der Waals surface area contributed by atoms with Crippen LogP contribution in [0.5, 0.6) is 28.7 Å². The number of phenols is 1. The van der Waals surface area contributed by atoms with Gasteiger partial charge in [-0.1, -0.05) is 32.3 Å². The maximum atomic E-state index is 11.5. The van der Waals surface area contributed by atoms with Crippen LogP contribution < -0.4 is 18.9 Å². The number of rotatable bonds is 4. The van der Waals surface area contributed by atoms with Gasteiger partial charge in [0.05, 0.1) is 13.2 Å². The summed E-state index contributed by atoms with van der Waals surface area (Å²) in [5.74, 6) is 7.12. The maximum absolute atomic E-state index is 11.5. The van der Waals surface area contributed by atoms with Crippen LogP contribution in [0.3, 0.4) is 0 Å². The van der Waals surface area contributed by atoms with Gasteiger partial charge in [-0.15, -0.1) is 0 Å². The number of aromatic hydroxyl groups is 1. The Morgan fingerprint density at radius 3 is 2.67 bits per heavy atom. The van der Waals surface area contributed by atoms with Gasteiger partial charge in [0.2, 0.25) is 0 Å². The van der Waals surface area contributed by atoms with E-state index in [1.807, 2.05) is 30.3 Å². The topological polar surface area (TPSA) is 77.4 Å². The smallest absolute Gasteiger partial charge is 0.182 e. The number of methoxy groups -OCH3 is 1. The molecule has 43 heavy (non-hydrogen) atoms. The summed E-state index contributed by atoms with van der Waals surface area (Å²) in [4.78, 5) is 0. The first kappa shape index (κ1) is 28.0. The van der Waals surface area contributed by atoms with Crippen LogP contribution in [0, 0.1) is 23.9 Å². The molecule has 2 heterocycles. The van der Waals surface area contributed by atoms with Crippen molar-refractivity contribution in [2.24, 2.45) is 11.8 Å². The third kappa shape index (κ3) is 5.18. The van der Waals surface area contributed by atoms with Gasteiger partial charge in [0.1, 0.15) is 35.6 Å². The first-order valence-electron chi connectivity index (χ1n) is 15.8. The average molecular weight is 581 g/mol. The van der Waals surface area contributed by atoms with Gasteiger partial charge < -0.3 is 29.2 Å². The Hall–Kier alpha value is -3.82. The van der Waals surface area contributed by atoms with Gasteiger partial charge in [-0.25, -0.2) is 0 Å². The summed E-state index contributed by atoms with van der Waals surface area (Å²) in [5.41, 5.74) is 7.26. The Bertz CT molecular complexity index is 1610. The van der Waals surface area contributed by atoms with E-state index in [0.29, 0.717) is 35.5 Å². The molecular weight excluding hydrogens is 540 g/mol. The number of hydrogen-bond acceptors (Lipinski definition) is 6. The number of aliphatic hydroxyl groups excluding tert-OH is 1. The molecule has 7 rings (SSSR count). The molecule has 0 bridgehead atoms. The first-order chi connectivity index (χ1) is 20.9. The van der Waals surface area contributed by atoms with Crippen molar-refractivity contribution < 1.29 is 29.2 Å². The molecule has 0 unspecified atom stereocenters. The normalized spacial score (nSPS) is 23.6. The van der Waals surface area contributed by atoms with Gasteiger partial charge in [-0.05, 0) is 96.5 Å². The zero-order valence-corrected chi connectivity index (χ0v) is 25.2. The van der Waals surface area contributed by atoms with Crippen LogP contribution in [0.2, 0.25) is 0 Å². The zero-order valence-electron chi connectivity index (χ0n) is 25.2. The highest BCUT2D eigenvalue weighted by Crippen LogP contribution is 2.50. The van der Waals surface area contributed by atoms with Gasteiger partial charge >= 0.3 is 0 Å². The fourth-order valence-corrected chi connectivity index (χ4v) is 7.46. The molecule has 3 aromatic rings. The molecule has 6 nitrogen and oxygen atoms in total. The van der Waals surface area contributed by atoms with Crippen LogP contribution in [-0.2, 0) is 25.7 Å². The van der Waals surface area contributed by atoms with E-state index in [0.717, 1.165) is 95.4 Å². The van der Waals surface area contributed by atoms with E-state index in [1.165, 1.54) is 6.42 Å². The Kier molecular flexibility index (Phi) is 7.39. The van der Waals surface area contributed by atoms with Crippen LogP contribution in [-0.4, -0.2) is 29.5 Å². The van der Waals surface area contributed by atoms with E-state index < -0.39 is 12.2 Å². The molecule has 0 aromatic heterocycles. The molecule has 0 spiro atoms. The lowest BCUT2D eigenvalue weighted by molar-refractivity contribution is 0.0200. The Labute approximate surface area is 253 Å². The minimum Gasteiger partial charge on any atom is -0.508 e. The summed E-state index contributed by atoms with van der Waals surface area (Å²) in [5, 5.41) is 22.2. The summed E-state index contributed by atoms with van der Waals surface area (Å²) < 4.78 is 24.9. The Morgan fingerprint density at radius 2 is 1.84 bits per heavy atom. The fourth-order valence-electron chi connectivity index (χ4n) is 7.46. The lowest BCUT2D eigenvalue weighted by atomic mass is 9.79. The molecule has 2 N–H and O–H groups in total. The number of phenolic OH excluding ortho intramolecular Hbond substituents is 1. The lowest BCUT2D eigenvalue weighted by Crippen LogP contribution is -2.32. The van der Waals surface area contributed by atoms with Crippen molar-refractivity contribution in [2.45, 2.75) is 89.9 Å². The molecule has 0 radical (unpaired) electrons. The van der Waals surface area contributed by atoms with Crippen LogP contribution >= 0.6 is 0 Å². The zero-order chi connectivity index (χ0) is 29.7. The Balaban J connectivity index is 1.24. The van der Waals surface area contributed by atoms with Gasteiger partial charge in [0.25, 0.3) is 0 Å². The predicted octanol–water partition coefficient (Wildman–Crippen LogP) is 7.08. The van der Waals surface area contributed by atoms with E-state index in [1.54, 1.807) is 7.11 Å². The summed E-state index contributed by atoms with van der Waals surface area (Å²) in [6.07, 6.45) is 9.83. The molecule has 4 aliphatic rings. The van der Waals surface area contributed by atoms with Crippen LogP contribution in [0.4, 0.5) is 0 Å². The quantitative estimate of drug-likeness (QED) is 0.321. The minimum absolute atomic E-state index is 0.110. The second-order valence-electron chi connectivity index (χ2n) is 12.9. The van der Waals surface area contributed by atoms with Crippen molar-refractivity contribution in [1.29, 1.82) is 0 Å². The van der Waals surface area contributed by atoms with Crippen molar-refractivity contribution in [2.75, 3.05) is 7.11 Å². The molecule has 224 valence electrons. The van der Waals surface area contributed by atoms with E-state index >= 15 is 0 Å². The first-order valence-corrected chi connectivity index (χ1v) is 15.8. The number of aliphatic hydroxyl groups is 1. The van der Waals surface area contributed by atoms with Gasteiger partial charge in [-0.2, -0.15) is 0 Å². The number of ether oxygens (including phenoxy) is 4. The fraction of sp³-hybridized carbons (Fsp3) is 0.459. The number of hydrogen-bond donors (Lipinski definition) is 2. The molecule has 0 amide bonds. The molecule has 1 saturated carbocycles. The van der Waals surface area contributed by atoms with Gasteiger partial charge in [0, 0.05) is 36.0 Å². The number of fused-ring (bicyclic) bond motifs is 7. The van der Waals surface area contributed by atoms with Crippen LogP contribution in [0.1, 0.15) is 79.9 Å². The van der Waals surface area contributed by atoms with E-state index in [-0.39, 0.29) is 6.10 Å². The largest absolute Gasteiger partial charge is 0.508 e. The lowest BCUT2D eigenvalue weighted by Gasteiger charge is -2.35. The number of aryl methyl sites for hydroxylation is 1. The highest BCUT2D eigenvalue weighted by atomic mass is 16.5. The van der Waals surface area contributed by atoms with E-state index in [9.17, 15) is 10.2 Å². The minimum atomic E-state index is -0.736. The molecule has 3 aromatic carbocycles. The van der Waals surface area contributed by atoms with Crippen molar-refractivity contribution in [3.63, 3.8) is 0 Å². The highest BCUT2D eigenvalue weighted by Gasteiger charge is 2.36. The monoisotopic (exact) mass is 580 g/mol. The second kappa shape index (κ2) is 11.4. The van der Waals surface area contributed by atoms with Crippen LogP contribution in [0.15, 0.2) is 36.4 Å². The van der Waals surface area contributed by atoms with Crippen molar-refractivity contribution in [3.05, 3.63) is 64.2 Å². The van der Waals surface area contributed by atoms with Crippen LogP contribution in [0.25, 0.3) is 11.1 Å². The predicted molar refractivity (Wildman–Crippen MR) is 165 cm³/mol. The molecular formula is C37H40O6. The SMILES string of the molecule is COc1cc2c(c3c1-c1cc(CC(C)C)c(O)cc1CC3)C[C@@H](O)[C@H](c1ccc3c(c1)O[C@@H]1CCCC[C@@H]1CC#CO3)O2. The molecule has 2 aliphatic heterocycles. The summed E-state index contributed by atoms with van der Waals surface area (Å²) >= 11 is 0. The van der Waals surface area contributed by atoms with Gasteiger partial charge in [0.15, 0.2) is 11.5 Å². The summed E-state index contributed by atoms with van der Waals surface area (Å²) in [6.45, 7) is 4.32. The summed E-state index contributed by atoms with van der Waals surface area (Å²) in [7, 11) is 1.69. The third-order valence-corrected chi connectivity index (χ3v) is 9.57. The highest BCUT2D eigenvalue weighted by molar-refractivity contribution is 5.82. The van der Waals surface area contributed by atoms with Crippen molar-refractivity contribution in [1.82, 2.24) is 0 Å². The Morgan fingerprint density at radius 1 is 0.977 bits per heavy atom. The molecule has 6 heteroatoms. The van der Waals surface area contributed by atoms with Crippen molar-refractivity contribution >= 4 is 0 Å². The maximum Gasteiger partial charge on any atom is 0.182 e. The summed E-state index contributed by atoms with van der Waals surface area (Å²) in [6, 6.07) is 11.8. The molecule has 4 atom stereocenters. The van der Waals surface area contributed by atoms with Gasteiger partial charge in [-0.3, -0.25) is 0 Å². The second-order valence-corrected chi connectivity index (χ2v) is 12.9. The third-order valence-electron chi connectivity index (χ3n) is 9.57. The number of benzene rings is 3. The van der Waals surface area contributed by atoms with E-state index in [4.69, 9.17) is 18.9 Å². The standard InChI is InChI=1S/C37H40O6/c1-21(2)15-25-16-27-23(17-29(25)38)10-12-26-28-19-30(39)37(43-33(28)20-35(40-3)36(26)27)24-11-13-32-34(18-24)42-31-9-5-4-7-22(31)8-6-14-41-32/h11,13,16-18,20-22,30-31,37-39H,4-5,7-10,12,15,19H2,1-3H3/t22-,30-,31-,37+/m1/s1.